The van der Waals surface area contributed by atoms with Crippen LogP contribution in [0.4, 0.5) is 0 Å². The Bertz CT molecular complexity index is 1430. The molecular formula is C57H101N2O7P. The van der Waals surface area contributed by atoms with Crippen LogP contribution in [-0.4, -0.2) is 69.4 Å². The van der Waals surface area contributed by atoms with Crippen LogP contribution >= 0.6 is 7.82 Å². The Morgan fingerprint density at radius 2 is 0.970 bits per heavy atom. The molecule has 0 fully saturated rings. The van der Waals surface area contributed by atoms with Crippen molar-refractivity contribution in [1.82, 2.24) is 5.32 Å². The average molecular weight is 957 g/mol. The minimum absolute atomic E-state index is 0.0411. The number of carbonyl (C=O) groups excluding carboxylic acids is 2. The van der Waals surface area contributed by atoms with Gasteiger partial charge in [0.25, 0.3) is 7.82 Å². The summed E-state index contributed by atoms with van der Waals surface area (Å²) in [6.07, 6.45) is 60.0. The molecule has 1 amide bonds. The highest BCUT2D eigenvalue weighted by molar-refractivity contribution is 7.45. The highest BCUT2D eigenvalue weighted by Gasteiger charge is 2.27. The normalized spacial score (nSPS) is 14.6. The summed E-state index contributed by atoms with van der Waals surface area (Å²) >= 11 is 0. The summed E-state index contributed by atoms with van der Waals surface area (Å²) in [5, 5.41) is 2.95. The number of hydrogen-bond donors (Lipinski definition) is 1. The van der Waals surface area contributed by atoms with Crippen molar-refractivity contribution >= 4 is 19.7 Å². The van der Waals surface area contributed by atoms with Crippen LogP contribution in [0.5, 0.6) is 0 Å². The second-order valence-electron chi connectivity index (χ2n) is 19.0. The summed E-state index contributed by atoms with van der Waals surface area (Å²) in [5.74, 6) is -0.663. The number of ether oxygens (including phenoxy) is 1. The molecule has 0 spiro atoms. The first-order valence-corrected chi connectivity index (χ1v) is 28.4. The van der Waals surface area contributed by atoms with Gasteiger partial charge in [0.15, 0.2) is 0 Å². The molecule has 0 bridgehead atoms. The van der Waals surface area contributed by atoms with E-state index in [4.69, 9.17) is 13.8 Å². The van der Waals surface area contributed by atoms with E-state index in [1.807, 2.05) is 39.4 Å². The number of allylic oxidation sites excluding steroid dienone is 13. The molecule has 0 saturated heterocycles. The van der Waals surface area contributed by atoms with Gasteiger partial charge in [0.2, 0.25) is 5.91 Å². The summed E-state index contributed by atoms with van der Waals surface area (Å²) in [4.78, 5) is 39.7. The van der Waals surface area contributed by atoms with Gasteiger partial charge < -0.3 is 28.5 Å². The van der Waals surface area contributed by atoms with E-state index >= 15 is 0 Å². The molecule has 0 aromatic carbocycles. The van der Waals surface area contributed by atoms with Crippen molar-refractivity contribution in [3.63, 3.8) is 0 Å². The molecular weight excluding hydrogens is 856 g/mol. The number of nitrogens with one attached hydrogen (secondary N) is 1. The molecule has 0 aromatic rings. The van der Waals surface area contributed by atoms with Gasteiger partial charge in [-0.25, -0.2) is 0 Å². The van der Waals surface area contributed by atoms with E-state index in [1.165, 1.54) is 89.9 Å². The standard InChI is InChI=1S/C57H101N2O7P/c1-7-10-13-16-19-22-25-27-29-30-31-34-37-40-43-46-49-56(60)58-54(53-65-67(62,63)64-52-51-59(4,5)6)55(48-45-42-39-36-33-24-21-18-15-12-9-3)66-57(61)50-47-44-41-38-35-32-28-26-23-20-17-14-11-8-2/h10,13,19,22,27,29,31-32,34-35,40,43,45,48,54-55H,7-9,11-12,14-18,20-21,23-26,28,30,33,36-39,41-42,44,46-47,49-53H2,1-6H3,(H-,58,60,62,63)/b13-10+,22-19+,29-27+,34-31+,35-32-,43-40+,48-45+. The van der Waals surface area contributed by atoms with Gasteiger partial charge in [0.05, 0.1) is 33.8 Å². The molecule has 9 nitrogen and oxygen atoms in total. The Hall–Kier alpha value is -2.81. The van der Waals surface area contributed by atoms with E-state index in [0.717, 1.165) is 77.0 Å². The fourth-order valence-electron chi connectivity index (χ4n) is 7.15. The molecule has 3 atom stereocenters. The largest absolute Gasteiger partial charge is 0.756 e. The molecule has 67 heavy (non-hydrogen) atoms. The first-order chi connectivity index (χ1) is 32.4. The van der Waals surface area contributed by atoms with E-state index in [1.54, 1.807) is 6.08 Å². The maximum absolute atomic E-state index is 13.4. The number of nitrogens with zero attached hydrogens (tertiary/aromatic N) is 1. The highest BCUT2D eigenvalue weighted by Crippen LogP contribution is 2.38. The van der Waals surface area contributed by atoms with Crippen LogP contribution in [0, 0.1) is 0 Å². The minimum atomic E-state index is -4.71. The van der Waals surface area contributed by atoms with Crippen molar-refractivity contribution in [2.45, 2.75) is 226 Å². The Labute approximate surface area is 412 Å². The molecule has 0 aromatic heterocycles. The zero-order valence-corrected chi connectivity index (χ0v) is 44.7. The lowest BCUT2D eigenvalue weighted by Gasteiger charge is -2.30. The zero-order chi connectivity index (χ0) is 49.4. The van der Waals surface area contributed by atoms with Gasteiger partial charge in [0.1, 0.15) is 19.3 Å². The quantitative estimate of drug-likeness (QED) is 0.0212. The van der Waals surface area contributed by atoms with Crippen LogP contribution in [0.15, 0.2) is 85.1 Å². The Balaban J connectivity index is 5.53. The number of carbonyl (C=O) groups is 2. The van der Waals surface area contributed by atoms with Crippen molar-refractivity contribution in [2.24, 2.45) is 0 Å². The minimum Gasteiger partial charge on any atom is -0.756 e. The zero-order valence-electron chi connectivity index (χ0n) is 43.8. The molecule has 0 saturated carbocycles. The maximum Gasteiger partial charge on any atom is 0.306 e. The summed E-state index contributed by atoms with van der Waals surface area (Å²) < 4.78 is 30.1. The first kappa shape index (κ1) is 64.2. The lowest BCUT2D eigenvalue weighted by molar-refractivity contribution is -0.870. The van der Waals surface area contributed by atoms with Crippen LogP contribution in [0.1, 0.15) is 213 Å². The van der Waals surface area contributed by atoms with Crippen LogP contribution in [0.25, 0.3) is 0 Å². The molecule has 0 heterocycles. The fraction of sp³-hybridized carbons (Fsp3) is 0.719. The number of phosphoric acid groups is 1. The van der Waals surface area contributed by atoms with Gasteiger partial charge in [-0.2, -0.15) is 0 Å². The Morgan fingerprint density at radius 3 is 1.46 bits per heavy atom. The number of likely N-dealkylation sites (N-methyl/N-ethyl adjacent to an activating group) is 1. The van der Waals surface area contributed by atoms with Gasteiger partial charge in [-0.15, -0.1) is 0 Å². The van der Waals surface area contributed by atoms with E-state index in [0.29, 0.717) is 23.9 Å². The van der Waals surface area contributed by atoms with Crippen LogP contribution in [0.3, 0.4) is 0 Å². The molecule has 1 N–H and O–H groups in total. The molecule has 10 heteroatoms. The molecule has 0 rings (SSSR count). The lowest BCUT2D eigenvalue weighted by atomic mass is 10.1. The van der Waals surface area contributed by atoms with E-state index in [9.17, 15) is 19.0 Å². The third-order valence-corrected chi connectivity index (χ3v) is 12.3. The van der Waals surface area contributed by atoms with Crippen molar-refractivity contribution in [3.05, 3.63) is 85.1 Å². The van der Waals surface area contributed by atoms with Gasteiger partial charge in [-0.05, 0) is 89.5 Å². The van der Waals surface area contributed by atoms with Gasteiger partial charge in [-0.3, -0.25) is 14.2 Å². The third kappa shape index (κ3) is 48.0. The van der Waals surface area contributed by atoms with E-state index in [2.05, 4.69) is 86.8 Å². The molecule has 3 unspecified atom stereocenters. The smallest absolute Gasteiger partial charge is 0.306 e. The number of amides is 1. The first-order valence-electron chi connectivity index (χ1n) is 26.9. The van der Waals surface area contributed by atoms with Gasteiger partial charge >= 0.3 is 5.97 Å². The maximum atomic E-state index is 13.4. The van der Waals surface area contributed by atoms with Crippen molar-refractivity contribution in [1.29, 1.82) is 0 Å². The summed E-state index contributed by atoms with van der Waals surface area (Å²) in [6, 6.07) is -0.935. The van der Waals surface area contributed by atoms with Crippen molar-refractivity contribution in [2.75, 3.05) is 40.9 Å². The van der Waals surface area contributed by atoms with Gasteiger partial charge in [0, 0.05) is 12.8 Å². The fourth-order valence-corrected chi connectivity index (χ4v) is 7.87. The highest BCUT2D eigenvalue weighted by atomic mass is 31.2. The Kier molecular flexibility index (Phi) is 44.9. The molecule has 386 valence electrons. The SMILES string of the molecule is CC/C=C/C/C=C/C/C=C/C/C=C/C/C=C/CCC(=O)NC(COP(=O)([O-])OCC[N+](C)(C)C)C(/C=C/CCCCCCCCCCC)OC(=O)CCCCC/C=C\CCCCCCCCC. The molecule has 0 aliphatic heterocycles. The predicted octanol–water partition coefficient (Wildman–Crippen LogP) is 15.2. The molecule has 0 aliphatic carbocycles. The number of esters is 1. The predicted molar refractivity (Wildman–Crippen MR) is 284 cm³/mol. The summed E-state index contributed by atoms with van der Waals surface area (Å²) in [6.45, 7) is 6.62. The van der Waals surface area contributed by atoms with E-state index in [-0.39, 0.29) is 31.3 Å². The molecule has 0 aliphatic rings. The number of quaternary nitrogens is 1. The lowest BCUT2D eigenvalue weighted by Crippen LogP contribution is -2.47. The second kappa shape index (κ2) is 46.9. The summed E-state index contributed by atoms with van der Waals surface area (Å²) in [5.41, 5.74) is 0. The van der Waals surface area contributed by atoms with Crippen LogP contribution in [-0.2, 0) is 27.9 Å². The van der Waals surface area contributed by atoms with Crippen LogP contribution in [0.2, 0.25) is 0 Å². The van der Waals surface area contributed by atoms with Crippen molar-refractivity contribution in [3.8, 4) is 0 Å². The number of rotatable bonds is 47. The molecule has 0 radical (unpaired) electrons. The average Bonchev–Trinajstić information content (AvgIpc) is 3.28. The van der Waals surface area contributed by atoms with E-state index < -0.39 is 26.6 Å². The number of hydrogen-bond acceptors (Lipinski definition) is 7. The van der Waals surface area contributed by atoms with Gasteiger partial charge in [-0.1, -0.05) is 196 Å². The van der Waals surface area contributed by atoms with Crippen LogP contribution < -0.4 is 10.2 Å². The summed E-state index contributed by atoms with van der Waals surface area (Å²) in [7, 11) is 1.12. The number of phosphoric ester groups is 1. The second-order valence-corrected chi connectivity index (χ2v) is 20.4. The number of unbranched alkanes of at least 4 members (excludes halogenated alkanes) is 19. The monoisotopic (exact) mass is 957 g/mol. The Morgan fingerprint density at radius 1 is 0.537 bits per heavy atom. The topological polar surface area (TPSA) is 114 Å². The van der Waals surface area contributed by atoms with Crippen molar-refractivity contribution < 1.29 is 37.3 Å². The third-order valence-electron chi connectivity index (χ3n) is 11.3.